The molecule has 0 aliphatic carbocycles. The second-order valence-corrected chi connectivity index (χ2v) is 7.24. The highest BCUT2D eigenvalue weighted by molar-refractivity contribution is 5.93. The molecule has 1 aromatic carbocycles. The van der Waals surface area contributed by atoms with Crippen LogP contribution in [0, 0.1) is 0 Å². The molecule has 0 radical (unpaired) electrons. The standard InChI is InChI=1S/C20H32N2O2/c1-6-7-10-14-21-19(24)13-15-22(16(2)23)18-12-9-8-11-17(18)20(3,4)5/h8-9,11-12H,6-7,10,13-15H2,1-5H3,(H,21,24). The lowest BCUT2D eigenvalue weighted by Gasteiger charge is -2.29. The topological polar surface area (TPSA) is 49.4 Å². The number of rotatable bonds is 8. The van der Waals surface area contributed by atoms with Gasteiger partial charge in [-0.15, -0.1) is 0 Å². The minimum atomic E-state index is -0.0628. The fraction of sp³-hybridized carbons (Fsp3) is 0.600. The average Bonchev–Trinajstić information content (AvgIpc) is 2.51. The fourth-order valence-corrected chi connectivity index (χ4v) is 2.70. The molecular weight excluding hydrogens is 300 g/mol. The maximum Gasteiger partial charge on any atom is 0.223 e. The molecule has 1 N–H and O–H groups in total. The van der Waals surface area contributed by atoms with Crippen LogP contribution in [0.4, 0.5) is 5.69 Å². The molecule has 0 fully saturated rings. The van der Waals surface area contributed by atoms with Crippen molar-refractivity contribution in [3.05, 3.63) is 29.8 Å². The molecule has 0 aliphatic heterocycles. The third-order valence-corrected chi connectivity index (χ3v) is 4.05. The highest BCUT2D eigenvalue weighted by Gasteiger charge is 2.23. The number of hydrogen-bond donors (Lipinski definition) is 1. The second-order valence-electron chi connectivity index (χ2n) is 7.24. The SMILES string of the molecule is CCCCCNC(=O)CCN(C(C)=O)c1ccccc1C(C)(C)C. The van der Waals surface area contributed by atoms with E-state index in [1.807, 2.05) is 18.2 Å². The molecule has 1 aromatic rings. The quantitative estimate of drug-likeness (QED) is 0.731. The van der Waals surface area contributed by atoms with Crippen molar-refractivity contribution >= 4 is 17.5 Å². The van der Waals surface area contributed by atoms with Crippen molar-refractivity contribution in [1.82, 2.24) is 5.32 Å². The maximum atomic E-state index is 12.1. The number of unbranched alkanes of at least 4 members (excludes halogenated alkanes) is 2. The first kappa shape index (κ1) is 20.2. The van der Waals surface area contributed by atoms with Crippen LogP contribution in [0.1, 0.15) is 65.9 Å². The molecule has 0 heterocycles. The summed E-state index contributed by atoms with van der Waals surface area (Å²) >= 11 is 0. The van der Waals surface area contributed by atoms with Crippen LogP contribution < -0.4 is 10.2 Å². The molecule has 0 aromatic heterocycles. The Hall–Kier alpha value is -1.84. The Morgan fingerprint density at radius 3 is 2.38 bits per heavy atom. The van der Waals surface area contributed by atoms with Gasteiger partial charge in [0.05, 0.1) is 0 Å². The number of amides is 2. The molecule has 0 bridgehead atoms. The predicted octanol–water partition coefficient (Wildman–Crippen LogP) is 4.03. The first-order chi connectivity index (χ1) is 11.3. The first-order valence-electron chi connectivity index (χ1n) is 8.91. The van der Waals surface area contributed by atoms with E-state index in [4.69, 9.17) is 0 Å². The summed E-state index contributed by atoms with van der Waals surface area (Å²) in [5.41, 5.74) is 1.95. The van der Waals surface area contributed by atoms with Gasteiger partial charge in [-0.2, -0.15) is 0 Å². The zero-order valence-corrected chi connectivity index (χ0v) is 15.8. The van der Waals surface area contributed by atoms with Crippen molar-refractivity contribution in [3.63, 3.8) is 0 Å². The maximum absolute atomic E-state index is 12.1. The van der Waals surface area contributed by atoms with Crippen LogP contribution >= 0.6 is 0 Å². The van der Waals surface area contributed by atoms with Crippen molar-refractivity contribution in [1.29, 1.82) is 0 Å². The van der Waals surface area contributed by atoms with E-state index < -0.39 is 0 Å². The van der Waals surface area contributed by atoms with Crippen molar-refractivity contribution in [3.8, 4) is 0 Å². The molecule has 4 nitrogen and oxygen atoms in total. The number of hydrogen-bond acceptors (Lipinski definition) is 2. The van der Waals surface area contributed by atoms with E-state index in [0.29, 0.717) is 19.5 Å². The van der Waals surface area contributed by atoms with Gasteiger partial charge in [0.25, 0.3) is 0 Å². The van der Waals surface area contributed by atoms with E-state index in [-0.39, 0.29) is 17.2 Å². The van der Waals surface area contributed by atoms with Crippen molar-refractivity contribution < 1.29 is 9.59 Å². The van der Waals surface area contributed by atoms with Gasteiger partial charge in [0, 0.05) is 32.1 Å². The molecule has 0 atom stereocenters. The molecule has 1 rings (SSSR count). The van der Waals surface area contributed by atoms with Crippen molar-refractivity contribution in [2.75, 3.05) is 18.0 Å². The molecule has 24 heavy (non-hydrogen) atoms. The Labute approximate surface area is 146 Å². The normalized spacial score (nSPS) is 11.2. The van der Waals surface area contributed by atoms with Crippen LogP contribution in [0.15, 0.2) is 24.3 Å². The Bertz CT molecular complexity index is 547. The highest BCUT2D eigenvalue weighted by atomic mass is 16.2. The molecule has 4 heteroatoms. The number of benzene rings is 1. The number of carbonyl (C=O) groups is 2. The summed E-state index contributed by atoms with van der Waals surface area (Å²) in [6, 6.07) is 7.94. The second kappa shape index (κ2) is 9.45. The van der Waals surface area contributed by atoms with Gasteiger partial charge in [-0.25, -0.2) is 0 Å². The van der Waals surface area contributed by atoms with Crippen LogP contribution in [-0.2, 0) is 15.0 Å². The van der Waals surface area contributed by atoms with E-state index in [2.05, 4.69) is 39.1 Å². The van der Waals surface area contributed by atoms with Crippen LogP contribution in [0.25, 0.3) is 0 Å². The third-order valence-electron chi connectivity index (χ3n) is 4.05. The zero-order valence-electron chi connectivity index (χ0n) is 15.8. The summed E-state index contributed by atoms with van der Waals surface area (Å²) in [4.78, 5) is 25.8. The van der Waals surface area contributed by atoms with Gasteiger partial charge in [0.15, 0.2) is 0 Å². The third kappa shape index (κ3) is 6.34. The van der Waals surface area contributed by atoms with E-state index in [0.717, 1.165) is 30.5 Å². The summed E-state index contributed by atoms with van der Waals surface area (Å²) in [6.45, 7) is 11.2. The Kier molecular flexibility index (Phi) is 7.96. The summed E-state index contributed by atoms with van der Waals surface area (Å²) in [5, 5.41) is 2.93. The minimum absolute atomic E-state index is 0.00518. The Morgan fingerprint density at radius 2 is 1.79 bits per heavy atom. The highest BCUT2D eigenvalue weighted by Crippen LogP contribution is 2.32. The largest absolute Gasteiger partial charge is 0.356 e. The summed E-state index contributed by atoms with van der Waals surface area (Å²) < 4.78 is 0. The smallest absolute Gasteiger partial charge is 0.223 e. The lowest BCUT2D eigenvalue weighted by Crippen LogP contribution is -2.35. The van der Waals surface area contributed by atoms with E-state index in [1.54, 1.807) is 11.8 Å². The van der Waals surface area contributed by atoms with Crippen LogP contribution in [0.2, 0.25) is 0 Å². The van der Waals surface area contributed by atoms with E-state index >= 15 is 0 Å². The van der Waals surface area contributed by atoms with Crippen LogP contribution in [0.3, 0.4) is 0 Å². The average molecular weight is 332 g/mol. The van der Waals surface area contributed by atoms with E-state index in [1.165, 1.54) is 0 Å². The van der Waals surface area contributed by atoms with Gasteiger partial charge < -0.3 is 10.2 Å². The summed E-state index contributed by atoms with van der Waals surface area (Å²) in [7, 11) is 0. The number of carbonyl (C=O) groups excluding carboxylic acids is 2. The van der Waals surface area contributed by atoms with Crippen molar-refractivity contribution in [2.24, 2.45) is 0 Å². The molecule has 0 aliphatic rings. The summed E-state index contributed by atoms with van der Waals surface area (Å²) in [6.07, 6.45) is 3.59. The lowest BCUT2D eigenvalue weighted by molar-refractivity contribution is -0.121. The van der Waals surface area contributed by atoms with Gasteiger partial charge in [0.1, 0.15) is 0 Å². The van der Waals surface area contributed by atoms with Gasteiger partial charge in [-0.3, -0.25) is 9.59 Å². The minimum Gasteiger partial charge on any atom is -0.356 e. The number of nitrogens with one attached hydrogen (secondary N) is 1. The van der Waals surface area contributed by atoms with Crippen molar-refractivity contribution in [2.45, 2.75) is 65.7 Å². The Balaban J connectivity index is 2.76. The summed E-state index contributed by atoms with van der Waals surface area (Å²) in [5.74, 6) is -0.0314. The fourth-order valence-electron chi connectivity index (χ4n) is 2.70. The number of nitrogens with zero attached hydrogens (tertiary/aromatic N) is 1. The van der Waals surface area contributed by atoms with E-state index in [9.17, 15) is 9.59 Å². The molecule has 0 spiro atoms. The van der Waals surface area contributed by atoms with Gasteiger partial charge >= 0.3 is 0 Å². The molecule has 0 unspecified atom stereocenters. The molecule has 0 saturated carbocycles. The molecule has 2 amide bonds. The van der Waals surface area contributed by atoms with Crippen LogP contribution in [0.5, 0.6) is 0 Å². The molecule has 134 valence electrons. The predicted molar refractivity (Wildman–Crippen MR) is 100 cm³/mol. The molecular formula is C20H32N2O2. The van der Waals surface area contributed by atoms with Gasteiger partial charge in [0.2, 0.25) is 11.8 Å². The molecule has 0 saturated heterocycles. The van der Waals surface area contributed by atoms with Crippen LogP contribution in [-0.4, -0.2) is 24.9 Å². The van der Waals surface area contributed by atoms with Gasteiger partial charge in [-0.05, 0) is 23.5 Å². The zero-order chi connectivity index (χ0) is 18.2. The monoisotopic (exact) mass is 332 g/mol. The lowest BCUT2D eigenvalue weighted by atomic mass is 9.85. The first-order valence-corrected chi connectivity index (χ1v) is 8.91. The number of para-hydroxylation sites is 1. The Morgan fingerprint density at radius 1 is 1.12 bits per heavy atom. The van der Waals surface area contributed by atoms with Gasteiger partial charge in [-0.1, -0.05) is 58.7 Å². The number of anilines is 1.